The van der Waals surface area contributed by atoms with Crippen LogP contribution >= 0.6 is 0 Å². The van der Waals surface area contributed by atoms with E-state index in [1.165, 1.54) is 12.1 Å². The van der Waals surface area contributed by atoms with Crippen molar-refractivity contribution in [1.29, 1.82) is 0 Å². The molecule has 1 fully saturated rings. The molecule has 88 valence electrons. The highest BCUT2D eigenvalue weighted by Gasteiger charge is 2.29. The lowest BCUT2D eigenvalue weighted by atomic mass is 9.91. The second kappa shape index (κ2) is 4.52. The molecule has 1 unspecified atom stereocenters. The van der Waals surface area contributed by atoms with Crippen molar-refractivity contribution in [2.45, 2.75) is 18.9 Å². The molecule has 0 radical (unpaired) electrons. The summed E-state index contributed by atoms with van der Waals surface area (Å²) in [4.78, 5) is 2.32. The van der Waals surface area contributed by atoms with Crippen molar-refractivity contribution in [3.8, 4) is 0 Å². The highest BCUT2D eigenvalue weighted by atomic mass is 19.1. The second-order valence-electron chi connectivity index (χ2n) is 4.86. The Morgan fingerprint density at radius 1 is 1.31 bits per heavy atom. The van der Waals surface area contributed by atoms with Crippen LogP contribution in [0, 0.1) is 5.82 Å². The summed E-state index contributed by atoms with van der Waals surface area (Å²) in [5.41, 5.74) is 1.08. The zero-order chi connectivity index (χ0) is 11.6. The number of likely N-dealkylation sites (N-methyl/N-ethyl adjacent to an activating group) is 1. The molecule has 0 bridgehead atoms. The van der Waals surface area contributed by atoms with Crippen LogP contribution in [0.15, 0.2) is 24.3 Å². The Morgan fingerprint density at radius 2 is 2.00 bits per heavy atom. The molecule has 0 aliphatic carbocycles. The van der Waals surface area contributed by atoms with Crippen molar-refractivity contribution < 1.29 is 4.39 Å². The van der Waals surface area contributed by atoms with E-state index in [0.717, 1.165) is 31.6 Å². The van der Waals surface area contributed by atoms with Crippen LogP contribution < -0.4 is 5.32 Å². The molecule has 0 amide bonds. The molecule has 3 heteroatoms. The molecule has 1 aromatic rings. The van der Waals surface area contributed by atoms with Gasteiger partial charge in [0.25, 0.3) is 0 Å². The lowest BCUT2D eigenvalue weighted by Gasteiger charge is -2.32. The van der Waals surface area contributed by atoms with Gasteiger partial charge in [-0.15, -0.1) is 0 Å². The minimum atomic E-state index is -0.172. The molecule has 1 aromatic carbocycles. The Morgan fingerprint density at radius 3 is 2.69 bits per heavy atom. The maximum atomic E-state index is 12.9. The van der Waals surface area contributed by atoms with Gasteiger partial charge >= 0.3 is 0 Å². The van der Waals surface area contributed by atoms with Crippen molar-refractivity contribution in [3.05, 3.63) is 35.6 Å². The predicted molar refractivity (Wildman–Crippen MR) is 63.9 cm³/mol. The molecular formula is C13H19FN2. The summed E-state index contributed by atoms with van der Waals surface area (Å²) in [5.74, 6) is -0.172. The summed E-state index contributed by atoms with van der Waals surface area (Å²) in [6, 6.07) is 6.82. The van der Waals surface area contributed by atoms with Crippen molar-refractivity contribution >= 4 is 0 Å². The van der Waals surface area contributed by atoms with E-state index < -0.39 is 0 Å². The normalized spacial score (nSPS) is 27.7. The smallest absolute Gasteiger partial charge is 0.123 e. The number of nitrogens with zero attached hydrogens (tertiary/aromatic N) is 1. The monoisotopic (exact) mass is 222 g/mol. The predicted octanol–water partition coefficient (Wildman–Crippen LogP) is 1.97. The van der Waals surface area contributed by atoms with Gasteiger partial charge in [0, 0.05) is 6.54 Å². The summed E-state index contributed by atoms with van der Waals surface area (Å²) < 4.78 is 12.9. The van der Waals surface area contributed by atoms with Crippen LogP contribution in [0.3, 0.4) is 0 Å². The lowest BCUT2D eigenvalue weighted by molar-refractivity contribution is 0.259. The highest BCUT2D eigenvalue weighted by Crippen LogP contribution is 2.23. The Labute approximate surface area is 96.5 Å². The van der Waals surface area contributed by atoms with Gasteiger partial charge < -0.3 is 10.2 Å². The topological polar surface area (TPSA) is 15.3 Å². The lowest BCUT2D eigenvalue weighted by Crippen LogP contribution is -2.45. The zero-order valence-electron chi connectivity index (χ0n) is 9.96. The molecule has 0 saturated carbocycles. The summed E-state index contributed by atoms with van der Waals surface area (Å²) in [6.45, 7) is 5.27. The van der Waals surface area contributed by atoms with Crippen LogP contribution in [0.4, 0.5) is 4.39 Å². The number of halogens is 1. The van der Waals surface area contributed by atoms with Gasteiger partial charge in [0.05, 0.1) is 5.54 Å². The van der Waals surface area contributed by atoms with Crippen LogP contribution in [0.1, 0.15) is 18.9 Å². The number of hydrogen-bond acceptors (Lipinski definition) is 2. The molecule has 16 heavy (non-hydrogen) atoms. The Bertz CT molecular complexity index is 349. The van der Waals surface area contributed by atoms with Gasteiger partial charge in [-0.2, -0.15) is 0 Å². The number of benzene rings is 1. The van der Waals surface area contributed by atoms with E-state index in [4.69, 9.17) is 0 Å². The average Bonchev–Trinajstić information content (AvgIpc) is 2.41. The highest BCUT2D eigenvalue weighted by molar-refractivity contribution is 5.25. The van der Waals surface area contributed by atoms with E-state index in [0.29, 0.717) is 0 Å². The van der Waals surface area contributed by atoms with E-state index >= 15 is 0 Å². The fourth-order valence-corrected chi connectivity index (χ4v) is 2.40. The fraction of sp³-hybridized carbons (Fsp3) is 0.538. The Kier molecular flexibility index (Phi) is 3.26. The van der Waals surface area contributed by atoms with Crippen LogP contribution in [0.25, 0.3) is 0 Å². The third-order valence-electron chi connectivity index (χ3n) is 3.30. The molecule has 1 heterocycles. The first-order valence-corrected chi connectivity index (χ1v) is 5.80. The molecule has 1 aliphatic rings. The maximum Gasteiger partial charge on any atom is 0.123 e. The molecule has 2 rings (SSSR count). The summed E-state index contributed by atoms with van der Waals surface area (Å²) >= 11 is 0. The molecule has 1 aliphatic heterocycles. The van der Waals surface area contributed by atoms with Gasteiger partial charge in [-0.3, -0.25) is 0 Å². The SMILES string of the molecule is CN1CCCNC(C)(c2ccc(F)cc2)C1. The van der Waals surface area contributed by atoms with Crippen molar-refractivity contribution in [2.75, 3.05) is 26.7 Å². The van der Waals surface area contributed by atoms with Gasteiger partial charge in [-0.1, -0.05) is 12.1 Å². The Hall–Kier alpha value is -0.930. The van der Waals surface area contributed by atoms with Crippen LogP contribution in [-0.2, 0) is 5.54 Å². The first-order valence-electron chi connectivity index (χ1n) is 5.80. The summed E-state index contributed by atoms with van der Waals surface area (Å²) in [6.07, 6.45) is 1.16. The third-order valence-corrected chi connectivity index (χ3v) is 3.30. The number of nitrogens with one attached hydrogen (secondary N) is 1. The first kappa shape index (κ1) is 11.6. The van der Waals surface area contributed by atoms with Gasteiger partial charge in [-0.25, -0.2) is 4.39 Å². The van der Waals surface area contributed by atoms with Crippen LogP contribution in [-0.4, -0.2) is 31.6 Å². The molecule has 1 saturated heterocycles. The molecule has 0 aromatic heterocycles. The zero-order valence-corrected chi connectivity index (χ0v) is 9.96. The Balaban J connectivity index is 2.25. The molecule has 1 N–H and O–H groups in total. The summed E-state index contributed by atoms with van der Waals surface area (Å²) in [7, 11) is 2.13. The maximum absolute atomic E-state index is 12.9. The largest absolute Gasteiger partial charge is 0.307 e. The van der Waals surface area contributed by atoms with Crippen molar-refractivity contribution in [3.63, 3.8) is 0 Å². The molecule has 1 atom stereocenters. The second-order valence-corrected chi connectivity index (χ2v) is 4.86. The van der Waals surface area contributed by atoms with E-state index in [9.17, 15) is 4.39 Å². The number of hydrogen-bond donors (Lipinski definition) is 1. The minimum absolute atomic E-state index is 0.0705. The standard InChI is InChI=1S/C13H19FN2/c1-13(10-16(2)9-3-8-15-13)11-4-6-12(14)7-5-11/h4-7,15H,3,8-10H2,1-2H3. The van der Waals surface area contributed by atoms with Gasteiger partial charge in [0.1, 0.15) is 5.82 Å². The van der Waals surface area contributed by atoms with Crippen LogP contribution in [0.2, 0.25) is 0 Å². The number of rotatable bonds is 1. The third kappa shape index (κ3) is 2.42. The average molecular weight is 222 g/mol. The van der Waals surface area contributed by atoms with Gasteiger partial charge in [0.15, 0.2) is 0 Å². The summed E-state index contributed by atoms with van der Waals surface area (Å²) in [5, 5.41) is 3.56. The van der Waals surface area contributed by atoms with Crippen LogP contribution in [0.5, 0.6) is 0 Å². The van der Waals surface area contributed by atoms with Crippen molar-refractivity contribution in [1.82, 2.24) is 10.2 Å². The molecule has 0 spiro atoms. The van der Waals surface area contributed by atoms with Gasteiger partial charge in [0.2, 0.25) is 0 Å². The molecule has 2 nitrogen and oxygen atoms in total. The minimum Gasteiger partial charge on any atom is -0.307 e. The quantitative estimate of drug-likeness (QED) is 0.781. The van der Waals surface area contributed by atoms with Crippen molar-refractivity contribution in [2.24, 2.45) is 0 Å². The van der Waals surface area contributed by atoms with E-state index in [1.54, 1.807) is 0 Å². The van der Waals surface area contributed by atoms with Gasteiger partial charge in [-0.05, 0) is 51.2 Å². The fourth-order valence-electron chi connectivity index (χ4n) is 2.40. The van der Waals surface area contributed by atoms with E-state index in [1.807, 2.05) is 12.1 Å². The van der Waals surface area contributed by atoms with E-state index in [2.05, 4.69) is 24.2 Å². The molecular weight excluding hydrogens is 203 g/mol. The first-order chi connectivity index (χ1) is 7.60. The van der Waals surface area contributed by atoms with E-state index in [-0.39, 0.29) is 11.4 Å².